The first-order chi connectivity index (χ1) is 12.7. The SMILES string of the molecule is NC(=O)Cn1ccc2c(OC3CCN(CC4CCOC4)CC3)cccc21. The Balaban J connectivity index is 1.37. The van der Waals surface area contributed by atoms with Gasteiger partial charge < -0.3 is 24.7 Å². The molecule has 0 aliphatic carbocycles. The molecular formula is C20H27N3O3. The van der Waals surface area contributed by atoms with E-state index in [1.165, 1.54) is 6.42 Å². The number of carbonyl (C=O) groups is 1. The third kappa shape index (κ3) is 3.86. The summed E-state index contributed by atoms with van der Waals surface area (Å²) in [6.07, 6.45) is 5.43. The smallest absolute Gasteiger partial charge is 0.237 e. The van der Waals surface area contributed by atoms with Gasteiger partial charge in [0.1, 0.15) is 18.4 Å². The minimum atomic E-state index is -0.339. The molecule has 4 rings (SSSR count). The molecule has 2 saturated heterocycles. The summed E-state index contributed by atoms with van der Waals surface area (Å²) in [5.41, 5.74) is 6.32. The number of likely N-dealkylation sites (tertiary alicyclic amines) is 1. The molecular weight excluding hydrogens is 330 g/mol. The third-order valence-corrected chi connectivity index (χ3v) is 5.47. The minimum Gasteiger partial charge on any atom is -0.490 e. The van der Waals surface area contributed by atoms with Crippen LogP contribution in [0.2, 0.25) is 0 Å². The Hall–Kier alpha value is -2.05. The van der Waals surface area contributed by atoms with E-state index in [0.717, 1.165) is 62.3 Å². The van der Waals surface area contributed by atoms with Gasteiger partial charge >= 0.3 is 0 Å². The highest BCUT2D eigenvalue weighted by Crippen LogP contribution is 2.29. The third-order valence-electron chi connectivity index (χ3n) is 5.47. The van der Waals surface area contributed by atoms with Crippen molar-refractivity contribution in [3.8, 4) is 5.75 Å². The van der Waals surface area contributed by atoms with E-state index in [-0.39, 0.29) is 18.6 Å². The van der Waals surface area contributed by atoms with Gasteiger partial charge in [-0.2, -0.15) is 0 Å². The number of piperidine rings is 1. The predicted octanol–water partition coefficient (Wildman–Crippen LogP) is 2.01. The molecule has 1 aromatic heterocycles. The fraction of sp³-hybridized carbons (Fsp3) is 0.550. The van der Waals surface area contributed by atoms with Crippen molar-refractivity contribution >= 4 is 16.8 Å². The second-order valence-electron chi connectivity index (χ2n) is 7.45. The Morgan fingerprint density at radius 1 is 1.23 bits per heavy atom. The van der Waals surface area contributed by atoms with Gasteiger partial charge in [0.15, 0.2) is 0 Å². The summed E-state index contributed by atoms with van der Waals surface area (Å²) in [7, 11) is 0. The van der Waals surface area contributed by atoms with Crippen molar-refractivity contribution < 1.29 is 14.3 Å². The van der Waals surface area contributed by atoms with Crippen LogP contribution in [-0.4, -0.2) is 54.3 Å². The number of aromatic nitrogens is 1. The minimum absolute atomic E-state index is 0.191. The van der Waals surface area contributed by atoms with Gasteiger partial charge in [0.25, 0.3) is 0 Å². The van der Waals surface area contributed by atoms with Gasteiger partial charge in [-0.05, 0) is 43.4 Å². The lowest BCUT2D eigenvalue weighted by Gasteiger charge is -2.33. The van der Waals surface area contributed by atoms with Crippen LogP contribution in [0.3, 0.4) is 0 Å². The van der Waals surface area contributed by atoms with Crippen LogP contribution >= 0.6 is 0 Å². The summed E-state index contributed by atoms with van der Waals surface area (Å²) in [6.45, 7) is 5.35. The van der Waals surface area contributed by atoms with Gasteiger partial charge in [0.2, 0.25) is 5.91 Å². The second kappa shape index (κ2) is 7.68. The van der Waals surface area contributed by atoms with Crippen LogP contribution in [0.25, 0.3) is 10.9 Å². The molecule has 0 bridgehead atoms. The van der Waals surface area contributed by atoms with Crippen LogP contribution in [0.4, 0.5) is 0 Å². The van der Waals surface area contributed by atoms with E-state index in [0.29, 0.717) is 5.92 Å². The topological polar surface area (TPSA) is 69.7 Å². The molecule has 140 valence electrons. The monoisotopic (exact) mass is 357 g/mol. The first kappa shape index (κ1) is 17.4. The molecule has 2 aliphatic heterocycles. The molecule has 0 saturated carbocycles. The number of hydrogen-bond acceptors (Lipinski definition) is 4. The molecule has 2 aliphatic rings. The lowest BCUT2D eigenvalue weighted by molar-refractivity contribution is -0.118. The Labute approximate surface area is 153 Å². The van der Waals surface area contributed by atoms with Gasteiger partial charge in [0.05, 0.1) is 12.1 Å². The highest BCUT2D eigenvalue weighted by Gasteiger charge is 2.25. The number of carbonyl (C=O) groups excluding carboxylic acids is 1. The highest BCUT2D eigenvalue weighted by molar-refractivity contribution is 5.87. The van der Waals surface area contributed by atoms with E-state index in [4.69, 9.17) is 15.2 Å². The number of ether oxygens (including phenoxy) is 2. The van der Waals surface area contributed by atoms with Crippen LogP contribution in [0, 0.1) is 5.92 Å². The second-order valence-corrected chi connectivity index (χ2v) is 7.45. The zero-order valence-electron chi connectivity index (χ0n) is 15.1. The summed E-state index contributed by atoms with van der Waals surface area (Å²) in [5, 5.41) is 1.04. The number of primary amides is 1. The standard InChI is InChI=1S/C20H27N3O3/c21-20(24)13-23-10-6-17-18(23)2-1-3-19(17)26-16-4-8-22(9-5-16)12-15-7-11-25-14-15/h1-3,6,10,15-16H,4-5,7-9,11-14H2,(H2,21,24). The molecule has 6 nitrogen and oxygen atoms in total. The zero-order valence-corrected chi connectivity index (χ0v) is 15.1. The summed E-state index contributed by atoms with van der Waals surface area (Å²) in [5.74, 6) is 1.26. The lowest BCUT2D eigenvalue weighted by Crippen LogP contribution is -2.40. The number of nitrogens with zero attached hydrogens (tertiary/aromatic N) is 2. The van der Waals surface area contributed by atoms with Gasteiger partial charge in [0, 0.05) is 37.8 Å². The maximum absolute atomic E-state index is 11.2. The number of rotatable bonds is 6. The van der Waals surface area contributed by atoms with E-state index in [1.54, 1.807) is 0 Å². The summed E-state index contributed by atoms with van der Waals surface area (Å²) >= 11 is 0. The van der Waals surface area contributed by atoms with Crippen molar-refractivity contribution in [2.75, 3.05) is 32.8 Å². The van der Waals surface area contributed by atoms with Crippen molar-refractivity contribution in [3.05, 3.63) is 30.5 Å². The summed E-state index contributed by atoms with van der Waals surface area (Å²) < 4.78 is 13.7. The van der Waals surface area contributed by atoms with Gasteiger partial charge in [-0.15, -0.1) is 0 Å². The Morgan fingerprint density at radius 3 is 2.81 bits per heavy atom. The molecule has 2 fully saturated rings. The maximum Gasteiger partial charge on any atom is 0.237 e. The first-order valence-electron chi connectivity index (χ1n) is 9.52. The van der Waals surface area contributed by atoms with Crippen molar-refractivity contribution in [1.29, 1.82) is 0 Å². The molecule has 2 N–H and O–H groups in total. The zero-order chi connectivity index (χ0) is 17.9. The van der Waals surface area contributed by atoms with Crippen molar-refractivity contribution in [2.24, 2.45) is 11.7 Å². The number of hydrogen-bond donors (Lipinski definition) is 1. The summed E-state index contributed by atoms with van der Waals surface area (Å²) in [4.78, 5) is 13.8. The quantitative estimate of drug-likeness (QED) is 0.859. The summed E-state index contributed by atoms with van der Waals surface area (Å²) in [6, 6.07) is 7.99. The molecule has 1 atom stereocenters. The Bertz CT molecular complexity index is 759. The molecule has 1 aromatic carbocycles. The average molecular weight is 357 g/mol. The molecule has 26 heavy (non-hydrogen) atoms. The van der Waals surface area contributed by atoms with E-state index in [2.05, 4.69) is 4.90 Å². The normalized spacial score (nSPS) is 22.1. The van der Waals surface area contributed by atoms with E-state index >= 15 is 0 Å². The molecule has 1 unspecified atom stereocenters. The number of benzene rings is 1. The number of nitrogens with two attached hydrogens (primary N) is 1. The van der Waals surface area contributed by atoms with Crippen LogP contribution in [0.5, 0.6) is 5.75 Å². The van der Waals surface area contributed by atoms with Gasteiger partial charge in [-0.1, -0.05) is 6.07 Å². The van der Waals surface area contributed by atoms with Crippen molar-refractivity contribution in [1.82, 2.24) is 9.47 Å². The molecule has 0 radical (unpaired) electrons. The van der Waals surface area contributed by atoms with Gasteiger partial charge in [-0.3, -0.25) is 4.79 Å². The molecule has 1 amide bonds. The number of fused-ring (bicyclic) bond motifs is 1. The fourth-order valence-electron chi connectivity index (χ4n) is 4.09. The number of amides is 1. The molecule has 2 aromatic rings. The van der Waals surface area contributed by atoms with Crippen molar-refractivity contribution in [2.45, 2.75) is 31.9 Å². The van der Waals surface area contributed by atoms with Crippen LogP contribution < -0.4 is 10.5 Å². The average Bonchev–Trinajstić information content (AvgIpc) is 3.27. The fourth-order valence-corrected chi connectivity index (χ4v) is 4.09. The largest absolute Gasteiger partial charge is 0.490 e. The predicted molar refractivity (Wildman–Crippen MR) is 100 cm³/mol. The molecule has 0 spiro atoms. The first-order valence-corrected chi connectivity index (χ1v) is 9.52. The maximum atomic E-state index is 11.2. The van der Waals surface area contributed by atoms with E-state index in [9.17, 15) is 4.79 Å². The molecule has 6 heteroatoms. The van der Waals surface area contributed by atoms with Crippen LogP contribution in [0.1, 0.15) is 19.3 Å². The Kier molecular flexibility index (Phi) is 5.13. The van der Waals surface area contributed by atoms with E-state index < -0.39 is 0 Å². The Morgan fingerprint density at radius 2 is 2.08 bits per heavy atom. The van der Waals surface area contributed by atoms with E-state index in [1.807, 2.05) is 35.0 Å². The lowest BCUT2D eigenvalue weighted by atomic mass is 10.0. The molecule has 3 heterocycles. The highest BCUT2D eigenvalue weighted by atomic mass is 16.5. The van der Waals surface area contributed by atoms with Crippen LogP contribution in [-0.2, 0) is 16.1 Å². The van der Waals surface area contributed by atoms with Crippen LogP contribution in [0.15, 0.2) is 30.5 Å². The van der Waals surface area contributed by atoms with Gasteiger partial charge in [-0.25, -0.2) is 0 Å². The van der Waals surface area contributed by atoms with Crippen molar-refractivity contribution in [3.63, 3.8) is 0 Å².